The molecule has 1 heterocycles. The van der Waals surface area contributed by atoms with Gasteiger partial charge in [0.15, 0.2) is 0 Å². The number of rotatable bonds is 3. The van der Waals surface area contributed by atoms with Gasteiger partial charge in [-0.2, -0.15) is 5.26 Å². The smallest absolute Gasteiger partial charge is 0.404 e. The van der Waals surface area contributed by atoms with Crippen molar-refractivity contribution in [1.82, 2.24) is 10.3 Å². The lowest BCUT2D eigenvalue weighted by Crippen LogP contribution is -2.26. The van der Waals surface area contributed by atoms with E-state index in [1.165, 1.54) is 18.3 Å². The molecule has 0 aliphatic carbocycles. The molecular weight excluding hydrogens is 198 g/mol. The van der Waals surface area contributed by atoms with Gasteiger partial charge in [0.2, 0.25) is 0 Å². The molecule has 15 heavy (non-hydrogen) atoms. The van der Waals surface area contributed by atoms with Gasteiger partial charge in [0.1, 0.15) is 12.2 Å². The third kappa shape index (κ3) is 3.25. The van der Waals surface area contributed by atoms with Crippen LogP contribution in [0.5, 0.6) is 0 Å². The third-order valence-electron chi connectivity index (χ3n) is 1.70. The van der Waals surface area contributed by atoms with E-state index in [0.29, 0.717) is 11.3 Å². The normalized spacial score (nSPS) is 11.5. The Morgan fingerprint density at radius 1 is 1.67 bits per heavy atom. The summed E-state index contributed by atoms with van der Waals surface area (Å²) in [5.41, 5.74) is 0.708. The van der Waals surface area contributed by atoms with Crippen molar-refractivity contribution in [2.24, 2.45) is 0 Å². The van der Waals surface area contributed by atoms with Gasteiger partial charge in [-0.3, -0.25) is 4.98 Å². The van der Waals surface area contributed by atoms with Crippen LogP contribution in [0.3, 0.4) is 0 Å². The fraction of sp³-hybridized carbons (Fsp3) is 0.222. The van der Waals surface area contributed by atoms with Crippen molar-refractivity contribution in [3.8, 4) is 6.07 Å². The molecule has 0 aliphatic heterocycles. The lowest BCUT2D eigenvalue weighted by atomic mass is 10.2. The van der Waals surface area contributed by atoms with Crippen molar-refractivity contribution < 1.29 is 15.0 Å². The van der Waals surface area contributed by atoms with Crippen LogP contribution in [-0.4, -0.2) is 27.8 Å². The number of hydrogen-bond acceptors (Lipinski definition) is 4. The number of amides is 1. The summed E-state index contributed by atoms with van der Waals surface area (Å²) in [7, 11) is 0. The minimum absolute atomic E-state index is 0.131. The lowest BCUT2D eigenvalue weighted by Gasteiger charge is -2.09. The molecule has 1 rings (SSSR count). The van der Waals surface area contributed by atoms with Crippen molar-refractivity contribution >= 4 is 6.09 Å². The second-order valence-electron chi connectivity index (χ2n) is 2.79. The number of aliphatic hydroxyl groups excluding tert-OH is 1. The number of hydrogen-bond donors (Lipinski definition) is 3. The van der Waals surface area contributed by atoms with E-state index in [1.807, 2.05) is 11.4 Å². The molecule has 1 aromatic rings. The largest absolute Gasteiger partial charge is 0.465 e. The summed E-state index contributed by atoms with van der Waals surface area (Å²) in [4.78, 5) is 14.0. The number of nitrogens with one attached hydrogen (secondary N) is 1. The summed E-state index contributed by atoms with van der Waals surface area (Å²) < 4.78 is 0. The molecule has 0 fully saturated rings. The van der Waals surface area contributed by atoms with Crippen LogP contribution in [-0.2, 0) is 0 Å². The van der Waals surface area contributed by atoms with Crippen LogP contribution in [0.2, 0.25) is 0 Å². The maximum absolute atomic E-state index is 10.1. The molecule has 1 aromatic heterocycles. The summed E-state index contributed by atoms with van der Waals surface area (Å²) in [5, 5.41) is 28.3. The Balaban J connectivity index is 2.62. The van der Waals surface area contributed by atoms with Gasteiger partial charge in [-0.1, -0.05) is 0 Å². The van der Waals surface area contributed by atoms with E-state index in [0.717, 1.165) is 0 Å². The highest BCUT2D eigenvalue weighted by atomic mass is 16.4. The highest BCUT2D eigenvalue weighted by Crippen LogP contribution is 2.08. The third-order valence-corrected chi connectivity index (χ3v) is 1.70. The maximum Gasteiger partial charge on any atom is 0.404 e. The molecule has 0 aromatic carbocycles. The van der Waals surface area contributed by atoms with Crippen LogP contribution < -0.4 is 5.32 Å². The molecule has 1 unspecified atom stereocenters. The summed E-state index contributed by atoms with van der Waals surface area (Å²) in [6, 6.07) is 4.87. The van der Waals surface area contributed by atoms with Crippen LogP contribution in [0.25, 0.3) is 0 Å². The first-order valence-electron chi connectivity index (χ1n) is 4.14. The minimum atomic E-state index is -1.21. The summed E-state index contributed by atoms with van der Waals surface area (Å²) in [6.07, 6.45) is -0.893. The van der Waals surface area contributed by atoms with Crippen molar-refractivity contribution in [3.05, 3.63) is 29.6 Å². The van der Waals surface area contributed by atoms with Crippen LogP contribution in [0.1, 0.15) is 17.4 Å². The Morgan fingerprint density at radius 2 is 2.40 bits per heavy atom. The Labute approximate surface area is 85.8 Å². The Kier molecular flexibility index (Phi) is 3.60. The van der Waals surface area contributed by atoms with E-state index in [1.54, 1.807) is 0 Å². The summed E-state index contributed by atoms with van der Waals surface area (Å²) >= 11 is 0. The molecule has 0 spiro atoms. The van der Waals surface area contributed by atoms with Crippen molar-refractivity contribution in [2.75, 3.05) is 6.54 Å². The number of pyridine rings is 1. The van der Waals surface area contributed by atoms with Crippen molar-refractivity contribution in [2.45, 2.75) is 6.10 Å². The predicted octanol–water partition coefficient (Wildman–Crippen LogP) is 0.254. The van der Waals surface area contributed by atoms with Crippen molar-refractivity contribution in [3.63, 3.8) is 0 Å². The molecule has 0 saturated heterocycles. The maximum atomic E-state index is 10.1. The van der Waals surface area contributed by atoms with Crippen LogP contribution >= 0.6 is 0 Å². The molecule has 1 amide bonds. The molecule has 1 atom stereocenters. The molecule has 0 aliphatic rings. The van der Waals surface area contributed by atoms with E-state index >= 15 is 0 Å². The molecular formula is C9H9N3O3. The summed E-state index contributed by atoms with van der Waals surface area (Å²) in [5.74, 6) is 0. The highest BCUT2D eigenvalue weighted by Gasteiger charge is 2.09. The first-order chi connectivity index (χ1) is 7.13. The standard InChI is InChI=1S/C9H9N3O3/c10-3-6-1-2-7(11-4-6)8(13)5-12-9(14)15/h1-2,4,8,12-13H,5H2,(H,14,15). The molecule has 6 nitrogen and oxygen atoms in total. The van der Waals surface area contributed by atoms with Gasteiger partial charge >= 0.3 is 6.09 Å². The van der Waals surface area contributed by atoms with E-state index in [4.69, 9.17) is 10.4 Å². The SMILES string of the molecule is N#Cc1ccc(C(O)CNC(=O)O)nc1. The minimum Gasteiger partial charge on any atom is -0.465 e. The van der Waals surface area contributed by atoms with E-state index in [-0.39, 0.29) is 6.54 Å². The zero-order valence-corrected chi connectivity index (χ0v) is 7.71. The average molecular weight is 207 g/mol. The number of carbonyl (C=O) groups is 1. The monoisotopic (exact) mass is 207 g/mol. The number of aliphatic hydroxyl groups is 1. The number of nitriles is 1. The van der Waals surface area contributed by atoms with Crippen LogP contribution in [0, 0.1) is 11.3 Å². The lowest BCUT2D eigenvalue weighted by molar-refractivity contribution is 0.156. The van der Waals surface area contributed by atoms with Gasteiger partial charge in [-0.05, 0) is 12.1 Å². The Hall–Kier alpha value is -2.13. The van der Waals surface area contributed by atoms with E-state index < -0.39 is 12.2 Å². The molecule has 3 N–H and O–H groups in total. The first kappa shape index (κ1) is 10.9. The average Bonchev–Trinajstić information content (AvgIpc) is 2.26. The zero-order chi connectivity index (χ0) is 11.3. The molecule has 78 valence electrons. The number of carboxylic acid groups (broad SMARTS) is 1. The fourth-order valence-corrected chi connectivity index (χ4v) is 0.957. The fourth-order valence-electron chi connectivity index (χ4n) is 0.957. The van der Waals surface area contributed by atoms with Crippen LogP contribution in [0.4, 0.5) is 4.79 Å². The van der Waals surface area contributed by atoms with Gasteiger partial charge in [0, 0.05) is 6.20 Å². The Bertz CT molecular complexity index is 383. The second kappa shape index (κ2) is 4.93. The topological polar surface area (TPSA) is 106 Å². The van der Waals surface area contributed by atoms with E-state index in [9.17, 15) is 9.90 Å². The second-order valence-corrected chi connectivity index (χ2v) is 2.79. The van der Waals surface area contributed by atoms with Gasteiger partial charge in [0.25, 0.3) is 0 Å². The molecule has 0 saturated carbocycles. The number of nitrogens with zero attached hydrogens (tertiary/aromatic N) is 2. The Morgan fingerprint density at radius 3 is 2.87 bits per heavy atom. The van der Waals surface area contributed by atoms with Gasteiger partial charge in [0.05, 0.1) is 17.8 Å². The van der Waals surface area contributed by atoms with Gasteiger partial charge in [-0.15, -0.1) is 0 Å². The predicted molar refractivity (Wildman–Crippen MR) is 49.9 cm³/mol. The van der Waals surface area contributed by atoms with Gasteiger partial charge < -0.3 is 15.5 Å². The summed E-state index contributed by atoms with van der Waals surface area (Å²) in [6.45, 7) is -0.131. The number of aromatic nitrogens is 1. The van der Waals surface area contributed by atoms with Crippen LogP contribution in [0.15, 0.2) is 18.3 Å². The molecule has 0 radical (unpaired) electrons. The highest BCUT2D eigenvalue weighted by molar-refractivity contribution is 5.64. The zero-order valence-electron chi connectivity index (χ0n) is 7.71. The molecule has 6 heteroatoms. The first-order valence-corrected chi connectivity index (χ1v) is 4.14. The quantitative estimate of drug-likeness (QED) is 0.658. The van der Waals surface area contributed by atoms with E-state index in [2.05, 4.69) is 4.98 Å². The molecule has 0 bridgehead atoms. The van der Waals surface area contributed by atoms with Gasteiger partial charge in [-0.25, -0.2) is 4.79 Å². The van der Waals surface area contributed by atoms with Crippen molar-refractivity contribution in [1.29, 1.82) is 5.26 Å².